The number of hydrogen-bond acceptors (Lipinski definition) is 6. The maximum Gasteiger partial charge on any atom is 0.347 e. The molecule has 0 amide bonds. The van der Waals surface area contributed by atoms with Gasteiger partial charge in [-0.3, -0.25) is 4.79 Å². The summed E-state index contributed by atoms with van der Waals surface area (Å²) in [6.45, 7) is 8.02. The summed E-state index contributed by atoms with van der Waals surface area (Å²) in [5, 5.41) is 20.2. The lowest BCUT2D eigenvalue weighted by atomic mass is 10.0. The van der Waals surface area contributed by atoms with Crippen molar-refractivity contribution >= 4 is 34.5 Å². The van der Waals surface area contributed by atoms with Crippen LogP contribution in [0.15, 0.2) is 48.5 Å². The van der Waals surface area contributed by atoms with Crippen LogP contribution in [0.1, 0.15) is 53.7 Å². The van der Waals surface area contributed by atoms with Crippen LogP contribution in [-0.4, -0.2) is 51.7 Å². The predicted octanol–water partition coefficient (Wildman–Crippen LogP) is 4.95. The summed E-state index contributed by atoms with van der Waals surface area (Å²) in [5.74, 6) is -0.0302. The lowest BCUT2D eigenvalue weighted by molar-refractivity contribution is -0.152. The van der Waals surface area contributed by atoms with E-state index in [1.54, 1.807) is 12.2 Å². The summed E-state index contributed by atoms with van der Waals surface area (Å²) in [7, 11) is 0. The van der Waals surface area contributed by atoms with Gasteiger partial charge in [-0.05, 0) is 87.6 Å². The highest BCUT2D eigenvalue weighted by atomic mass is 16.5. The van der Waals surface area contributed by atoms with Crippen LogP contribution in [0, 0.1) is 13.8 Å². The number of ketones is 1. The normalized spacial score (nSPS) is 15.0. The third-order valence-electron chi connectivity index (χ3n) is 6.52. The van der Waals surface area contributed by atoms with Gasteiger partial charge in [0.25, 0.3) is 0 Å². The second kappa shape index (κ2) is 10.1. The Morgan fingerprint density at radius 1 is 1.08 bits per heavy atom. The molecule has 0 atom stereocenters. The van der Waals surface area contributed by atoms with Gasteiger partial charge in [0.05, 0.1) is 17.2 Å². The fraction of sp³-hybridized carbons (Fsp3) is 0.345. The number of aryl methyl sites for hydroxylation is 2. The fourth-order valence-electron chi connectivity index (χ4n) is 4.41. The van der Waals surface area contributed by atoms with Crippen molar-refractivity contribution in [1.82, 2.24) is 4.98 Å². The van der Waals surface area contributed by atoms with Gasteiger partial charge in [-0.15, -0.1) is 0 Å². The van der Waals surface area contributed by atoms with E-state index in [0.29, 0.717) is 43.1 Å². The third kappa shape index (κ3) is 5.41. The highest BCUT2D eigenvalue weighted by molar-refractivity contribution is 6.11. The molecular weight excluding hydrogens is 456 g/mol. The number of benzene rings is 2. The molecule has 0 unspecified atom stereocenters. The van der Waals surface area contributed by atoms with E-state index in [-0.39, 0.29) is 11.9 Å². The number of allylic oxidation sites excluding steroid dienone is 1. The number of anilines is 1. The largest absolute Gasteiger partial charge is 0.478 e. The first-order valence-corrected chi connectivity index (χ1v) is 12.1. The number of carboxylic acids is 1. The van der Waals surface area contributed by atoms with Crippen LogP contribution >= 0.6 is 0 Å². The van der Waals surface area contributed by atoms with Crippen LogP contribution in [-0.2, 0) is 4.79 Å². The molecule has 2 heterocycles. The van der Waals surface area contributed by atoms with E-state index in [1.165, 1.54) is 13.8 Å². The number of carbonyl (C=O) groups is 2. The topological polar surface area (TPSA) is 100.0 Å². The van der Waals surface area contributed by atoms with Gasteiger partial charge in [0.1, 0.15) is 11.6 Å². The number of rotatable bonds is 7. The third-order valence-corrected chi connectivity index (χ3v) is 6.52. The van der Waals surface area contributed by atoms with Gasteiger partial charge in [0, 0.05) is 18.5 Å². The Morgan fingerprint density at radius 3 is 2.36 bits per heavy atom. The molecule has 7 heteroatoms. The highest BCUT2D eigenvalue weighted by Gasteiger charge is 2.30. The van der Waals surface area contributed by atoms with E-state index >= 15 is 0 Å². The fourth-order valence-corrected chi connectivity index (χ4v) is 4.41. The molecule has 0 aliphatic carbocycles. The number of carboxylic acid groups (broad SMARTS) is 1. The number of nitrogens with zero attached hydrogens (tertiary/aromatic N) is 2. The summed E-state index contributed by atoms with van der Waals surface area (Å²) in [5.41, 5.74) is 2.39. The predicted molar refractivity (Wildman–Crippen MR) is 141 cm³/mol. The first-order chi connectivity index (χ1) is 17.0. The monoisotopic (exact) mass is 488 g/mol. The number of fused-ring (bicyclic) bond motifs is 1. The maximum absolute atomic E-state index is 13.4. The minimum Gasteiger partial charge on any atom is -0.478 e. The first kappa shape index (κ1) is 25.4. The average molecular weight is 489 g/mol. The number of para-hydroxylation sites is 1. The summed E-state index contributed by atoms with van der Waals surface area (Å²) < 4.78 is 5.78. The van der Waals surface area contributed by atoms with Crippen molar-refractivity contribution in [3.05, 3.63) is 70.8 Å². The van der Waals surface area contributed by atoms with E-state index < -0.39 is 11.6 Å². The van der Waals surface area contributed by atoms with E-state index in [4.69, 9.17) is 9.72 Å². The Balaban J connectivity index is 1.64. The molecule has 0 saturated carbocycles. The van der Waals surface area contributed by atoms with Crippen molar-refractivity contribution in [2.45, 2.75) is 52.2 Å². The van der Waals surface area contributed by atoms with Crippen molar-refractivity contribution < 1.29 is 24.5 Å². The van der Waals surface area contributed by atoms with E-state index in [2.05, 4.69) is 4.90 Å². The minimum absolute atomic E-state index is 0.156. The maximum atomic E-state index is 13.4. The molecule has 1 aliphatic heterocycles. The Bertz CT molecular complexity index is 1310. The number of ether oxygens (including phenoxy) is 1. The van der Waals surface area contributed by atoms with Crippen LogP contribution in [0.4, 0.5) is 5.82 Å². The average Bonchev–Trinajstić information content (AvgIpc) is 2.84. The molecule has 0 bridgehead atoms. The number of carbonyl (C=O) groups excluding carboxylic acids is 1. The molecule has 0 spiro atoms. The van der Waals surface area contributed by atoms with Crippen LogP contribution in [0.2, 0.25) is 0 Å². The SMILES string of the molecule is Cc1cc(C=CC(=O)c2cc3ccccc3nc2N2CCC(O)CC2)cc(C)c1OC(C)(C)C(=O)O. The molecule has 1 saturated heterocycles. The Kier molecular flexibility index (Phi) is 7.13. The molecule has 3 aromatic rings. The molecule has 7 nitrogen and oxygen atoms in total. The first-order valence-electron chi connectivity index (χ1n) is 12.1. The van der Waals surface area contributed by atoms with Gasteiger partial charge < -0.3 is 19.8 Å². The standard InChI is InChI=1S/C29H32N2O5/c1-18-15-20(16-19(2)26(18)36-29(3,4)28(34)35)9-10-25(33)23-17-21-7-5-6-8-24(21)30-27(23)31-13-11-22(32)12-14-31/h5-10,15-17,22,32H,11-14H2,1-4H3,(H,34,35). The van der Waals surface area contributed by atoms with Gasteiger partial charge in [0.2, 0.25) is 0 Å². The molecule has 2 N–H and O–H groups in total. The van der Waals surface area contributed by atoms with Crippen LogP contribution in [0.3, 0.4) is 0 Å². The Hall–Kier alpha value is -3.71. The molecule has 36 heavy (non-hydrogen) atoms. The molecule has 1 aromatic heterocycles. The lowest BCUT2D eigenvalue weighted by Gasteiger charge is -2.31. The molecule has 188 valence electrons. The molecule has 1 aliphatic rings. The highest BCUT2D eigenvalue weighted by Crippen LogP contribution is 2.30. The number of pyridine rings is 1. The van der Waals surface area contributed by atoms with Gasteiger partial charge in [-0.1, -0.05) is 24.3 Å². The number of aliphatic hydroxyl groups excluding tert-OH is 1. The summed E-state index contributed by atoms with van der Waals surface area (Å²) in [6.07, 6.45) is 4.27. The Labute approximate surface area is 211 Å². The summed E-state index contributed by atoms with van der Waals surface area (Å²) >= 11 is 0. The van der Waals surface area contributed by atoms with Crippen molar-refractivity contribution in [1.29, 1.82) is 0 Å². The quantitative estimate of drug-likeness (QED) is 0.358. The van der Waals surface area contributed by atoms with Crippen LogP contribution < -0.4 is 9.64 Å². The van der Waals surface area contributed by atoms with Crippen molar-refractivity contribution in [3.63, 3.8) is 0 Å². The van der Waals surface area contributed by atoms with Crippen molar-refractivity contribution in [2.24, 2.45) is 0 Å². The number of hydrogen-bond donors (Lipinski definition) is 2. The van der Waals surface area contributed by atoms with Crippen LogP contribution in [0.25, 0.3) is 17.0 Å². The van der Waals surface area contributed by atoms with E-state index in [9.17, 15) is 19.8 Å². The zero-order valence-electron chi connectivity index (χ0n) is 21.1. The molecule has 2 aromatic carbocycles. The summed E-state index contributed by atoms with van der Waals surface area (Å²) in [4.78, 5) is 31.8. The molecule has 1 fully saturated rings. The van der Waals surface area contributed by atoms with E-state index in [0.717, 1.165) is 27.6 Å². The Morgan fingerprint density at radius 2 is 1.72 bits per heavy atom. The lowest BCUT2D eigenvalue weighted by Crippen LogP contribution is -2.38. The molecular formula is C29H32N2O5. The zero-order valence-corrected chi connectivity index (χ0v) is 21.1. The summed E-state index contributed by atoms with van der Waals surface area (Å²) in [6, 6.07) is 13.4. The molecule has 4 rings (SSSR count). The van der Waals surface area contributed by atoms with Crippen molar-refractivity contribution in [3.8, 4) is 5.75 Å². The minimum atomic E-state index is -1.35. The van der Waals surface area contributed by atoms with Crippen molar-refractivity contribution in [2.75, 3.05) is 18.0 Å². The number of aromatic nitrogens is 1. The van der Waals surface area contributed by atoms with Gasteiger partial charge in [-0.25, -0.2) is 9.78 Å². The number of aliphatic carboxylic acids is 1. The molecule has 0 radical (unpaired) electrons. The second-order valence-corrected chi connectivity index (χ2v) is 9.87. The smallest absolute Gasteiger partial charge is 0.347 e. The number of piperidine rings is 1. The second-order valence-electron chi connectivity index (χ2n) is 9.87. The zero-order chi connectivity index (χ0) is 26.0. The number of aliphatic hydroxyl groups is 1. The van der Waals surface area contributed by atoms with Gasteiger partial charge >= 0.3 is 5.97 Å². The van der Waals surface area contributed by atoms with Gasteiger partial charge in [0.15, 0.2) is 11.4 Å². The van der Waals surface area contributed by atoms with Crippen LogP contribution in [0.5, 0.6) is 5.75 Å². The van der Waals surface area contributed by atoms with Gasteiger partial charge in [-0.2, -0.15) is 0 Å². The van der Waals surface area contributed by atoms with E-state index in [1.807, 2.05) is 56.3 Å².